The SMILES string of the molecule is CNc1nc(-c2ccc(C(F)(F)F)cc2)nc(C)c1I. The van der Waals surface area contributed by atoms with Crippen molar-refractivity contribution in [2.45, 2.75) is 13.1 Å². The van der Waals surface area contributed by atoms with E-state index in [0.717, 1.165) is 21.4 Å². The van der Waals surface area contributed by atoms with Crippen LogP contribution in [0.5, 0.6) is 0 Å². The fourth-order valence-corrected chi connectivity index (χ4v) is 2.17. The second-order valence-electron chi connectivity index (χ2n) is 4.12. The van der Waals surface area contributed by atoms with Crippen LogP contribution in [0.3, 0.4) is 0 Å². The van der Waals surface area contributed by atoms with Crippen LogP contribution in [-0.4, -0.2) is 17.0 Å². The van der Waals surface area contributed by atoms with Gasteiger partial charge in [0, 0.05) is 12.6 Å². The maximum Gasteiger partial charge on any atom is 0.416 e. The number of nitrogens with zero attached hydrogens (tertiary/aromatic N) is 2. The number of halogens is 4. The van der Waals surface area contributed by atoms with Crippen LogP contribution in [0.2, 0.25) is 0 Å². The number of hydrogen-bond donors (Lipinski definition) is 1. The van der Waals surface area contributed by atoms with Gasteiger partial charge in [-0.25, -0.2) is 9.97 Å². The maximum atomic E-state index is 12.5. The van der Waals surface area contributed by atoms with Crippen molar-refractivity contribution in [1.29, 1.82) is 0 Å². The van der Waals surface area contributed by atoms with Gasteiger partial charge in [-0.05, 0) is 41.6 Å². The molecule has 20 heavy (non-hydrogen) atoms. The number of hydrogen-bond acceptors (Lipinski definition) is 3. The summed E-state index contributed by atoms with van der Waals surface area (Å²) in [5, 5.41) is 2.94. The molecule has 0 saturated carbocycles. The van der Waals surface area contributed by atoms with Crippen molar-refractivity contribution < 1.29 is 13.2 Å². The van der Waals surface area contributed by atoms with E-state index < -0.39 is 11.7 Å². The molecule has 0 saturated heterocycles. The van der Waals surface area contributed by atoms with Crippen molar-refractivity contribution in [2.75, 3.05) is 12.4 Å². The number of aromatic nitrogens is 2. The average molecular weight is 393 g/mol. The Morgan fingerprint density at radius 3 is 2.20 bits per heavy atom. The zero-order valence-electron chi connectivity index (χ0n) is 10.7. The Morgan fingerprint density at radius 1 is 1.10 bits per heavy atom. The summed E-state index contributed by atoms with van der Waals surface area (Å²) in [7, 11) is 1.74. The van der Waals surface area contributed by atoms with Crippen LogP contribution >= 0.6 is 22.6 Å². The molecule has 0 radical (unpaired) electrons. The topological polar surface area (TPSA) is 37.8 Å². The van der Waals surface area contributed by atoms with Gasteiger partial charge in [0.15, 0.2) is 5.82 Å². The highest BCUT2D eigenvalue weighted by molar-refractivity contribution is 14.1. The summed E-state index contributed by atoms with van der Waals surface area (Å²) in [6.45, 7) is 1.83. The van der Waals surface area contributed by atoms with Crippen LogP contribution in [0.4, 0.5) is 19.0 Å². The Kier molecular flexibility index (Phi) is 4.17. The first kappa shape index (κ1) is 15.0. The minimum atomic E-state index is -4.34. The Balaban J connectivity index is 2.44. The van der Waals surface area contributed by atoms with E-state index in [-0.39, 0.29) is 0 Å². The number of benzene rings is 1. The fraction of sp³-hybridized carbons (Fsp3) is 0.231. The molecule has 0 aliphatic heterocycles. The molecule has 1 aromatic heterocycles. The lowest BCUT2D eigenvalue weighted by atomic mass is 10.1. The van der Waals surface area contributed by atoms with E-state index in [1.54, 1.807) is 7.05 Å². The molecule has 0 spiro atoms. The van der Waals surface area contributed by atoms with Gasteiger partial charge >= 0.3 is 6.18 Å². The molecule has 3 nitrogen and oxygen atoms in total. The van der Waals surface area contributed by atoms with Crippen LogP contribution in [-0.2, 0) is 6.18 Å². The van der Waals surface area contributed by atoms with Gasteiger partial charge in [0.2, 0.25) is 0 Å². The lowest BCUT2D eigenvalue weighted by Gasteiger charge is -2.10. The van der Waals surface area contributed by atoms with E-state index in [0.29, 0.717) is 17.2 Å². The summed E-state index contributed by atoms with van der Waals surface area (Å²) < 4.78 is 38.4. The van der Waals surface area contributed by atoms with Crippen LogP contribution in [0.15, 0.2) is 24.3 Å². The summed E-state index contributed by atoms with van der Waals surface area (Å²) in [4.78, 5) is 8.61. The zero-order valence-corrected chi connectivity index (χ0v) is 12.9. The molecule has 1 aromatic carbocycles. The Labute approximate surface area is 127 Å². The maximum absolute atomic E-state index is 12.5. The Morgan fingerprint density at radius 2 is 1.70 bits per heavy atom. The summed E-state index contributed by atoms with van der Waals surface area (Å²) in [5.41, 5.74) is 0.645. The molecule has 1 N–H and O–H groups in total. The minimum Gasteiger partial charge on any atom is -0.372 e. The van der Waals surface area contributed by atoms with Gasteiger partial charge in [-0.2, -0.15) is 13.2 Å². The summed E-state index contributed by atoms with van der Waals surface area (Å²) in [6.07, 6.45) is -4.34. The predicted octanol–water partition coefficient (Wildman–Crippen LogP) is 4.12. The van der Waals surface area contributed by atoms with Crippen molar-refractivity contribution in [3.8, 4) is 11.4 Å². The van der Waals surface area contributed by atoms with Gasteiger partial charge in [-0.15, -0.1) is 0 Å². The van der Waals surface area contributed by atoms with Crippen LogP contribution in [0.1, 0.15) is 11.3 Å². The van der Waals surface area contributed by atoms with Crippen molar-refractivity contribution in [1.82, 2.24) is 9.97 Å². The normalized spacial score (nSPS) is 11.5. The smallest absolute Gasteiger partial charge is 0.372 e. The molecule has 0 unspecified atom stereocenters. The predicted molar refractivity (Wildman–Crippen MR) is 79.5 cm³/mol. The molecule has 1 heterocycles. The molecule has 2 rings (SSSR count). The molecule has 106 valence electrons. The molecule has 0 aliphatic rings. The van der Waals surface area contributed by atoms with Crippen LogP contribution < -0.4 is 5.32 Å². The molecular formula is C13H11F3IN3. The van der Waals surface area contributed by atoms with Gasteiger partial charge in [-0.3, -0.25) is 0 Å². The molecule has 2 aromatic rings. The van der Waals surface area contributed by atoms with E-state index in [1.165, 1.54) is 12.1 Å². The molecule has 0 amide bonds. The first-order valence-electron chi connectivity index (χ1n) is 5.72. The standard InChI is InChI=1S/C13H11F3IN3/c1-7-10(17)12(18-2)20-11(19-7)8-3-5-9(6-4-8)13(14,15)16/h3-6H,1-2H3,(H,18,19,20). The summed E-state index contributed by atoms with van der Waals surface area (Å²) in [5.74, 6) is 1.06. The minimum absolute atomic E-state index is 0.404. The third kappa shape index (κ3) is 3.02. The fourth-order valence-electron chi connectivity index (χ4n) is 1.66. The van der Waals surface area contributed by atoms with Gasteiger partial charge in [0.1, 0.15) is 5.82 Å². The quantitative estimate of drug-likeness (QED) is 0.781. The molecular weight excluding hydrogens is 382 g/mol. The van der Waals surface area contributed by atoms with Crippen LogP contribution in [0.25, 0.3) is 11.4 Å². The molecule has 0 atom stereocenters. The highest BCUT2D eigenvalue weighted by Crippen LogP contribution is 2.31. The number of nitrogens with one attached hydrogen (secondary N) is 1. The van der Waals surface area contributed by atoms with Crippen molar-refractivity contribution >= 4 is 28.4 Å². The Hall–Kier alpha value is -1.38. The van der Waals surface area contributed by atoms with Crippen molar-refractivity contribution in [3.63, 3.8) is 0 Å². The number of alkyl halides is 3. The van der Waals surface area contributed by atoms with Gasteiger partial charge < -0.3 is 5.32 Å². The monoisotopic (exact) mass is 393 g/mol. The van der Waals surface area contributed by atoms with Crippen LogP contribution in [0, 0.1) is 10.5 Å². The largest absolute Gasteiger partial charge is 0.416 e. The second kappa shape index (κ2) is 5.55. The number of aryl methyl sites for hydroxylation is 1. The first-order chi connectivity index (χ1) is 9.32. The second-order valence-corrected chi connectivity index (χ2v) is 5.20. The van der Waals surface area contributed by atoms with Crippen molar-refractivity contribution in [2.24, 2.45) is 0 Å². The molecule has 0 fully saturated rings. The third-order valence-corrected chi connectivity index (χ3v) is 4.02. The summed E-state index contributed by atoms with van der Waals surface area (Å²) in [6, 6.07) is 4.82. The van der Waals surface area contributed by atoms with E-state index in [9.17, 15) is 13.2 Å². The van der Waals surface area contributed by atoms with E-state index in [4.69, 9.17) is 0 Å². The number of anilines is 1. The van der Waals surface area contributed by atoms with E-state index >= 15 is 0 Å². The third-order valence-electron chi connectivity index (χ3n) is 2.72. The molecule has 0 aliphatic carbocycles. The van der Waals surface area contributed by atoms with Gasteiger partial charge in [0.05, 0.1) is 14.8 Å². The average Bonchev–Trinajstić information content (AvgIpc) is 2.41. The van der Waals surface area contributed by atoms with Gasteiger partial charge in [0.25, 0.3) is 0 Å². The zero-order chi connectivity index (χ0) is 14.9. The number of rotatable bonds is 2. The Bertz CT molecular complexity index is 624. The molecule has 7 heteroatoms. The first-order valence-corrected chi connectivity index (χ1v) is 6.80. The van der Waals surface area contributed by atoms with E-state index in [2.05, 4.69) is 37.9 Å². The highest BCUT2D eigenvalue weighted by atomic mass is 127. The van der Waals surface area contributed by atoms with E-state index in [1.807, 2.05) is 6.92 Å². The van der Waals surface area contributed by atoms with Crippen molar-refractivity contribution in [3.05, 3.63) is 39.1 Å². The molecule has 0 bridgehead atoms. The highest BCUT2D eigenvalue weighted by Gasteiger charge is 2.30. The summed E-state index contributed by atoms with van der Waals surface area (Å²) >= 11 is 2.12. The lowest BCUT2D eigenvalue weighted by molar-refractivity contribution is -0.137. The lowest BCUT2D eigenvalue weighted by Crippen LogP contribution is -2.05. The van der Waals surface area contributed by atoms with Gasteiger partial charge in [-0.1, -0.05) is 12.1 Å².